The van der Waals surface area contributed by atoms with Crippen molar-refractivity contribution in [2.75, 3.05) is 0 Å². The summed E-state index contributed by atoms with van der Waals surface area (Å²) in [7, 11) is 0. The topological polar surface area (TPSA) is 137 Å². The van der Waals surface area contributed by atoms with Crippen molar-refractivity contribution in [3.8, 4) is 17.3 Å². The second kappa shape index (κ2) is 7.80. The van der Waals surface area contributed by atoms with E-state index in [9.17, 15) is 24.6 Å². The van der Waals surface area contributed by atoms with E-state index in [0.717, 1.165) is 10.8 Å². The van der Waals surface area contributed by atoms with Gasteiger partial charge in [0.25, 0.3) is 11.5 Å². The Bertz CT molecular complexity index is 1180. The van der Waals surface area contributed by atoms with Crippen molar-refractivity contribution in [1.29, 1.82) is 0 Å². The molecule has 28 heavy (non-hydrogen) atoms. The summed E-state index contributed by atoms with van der Waals surface area (Å²) in [6.45, 7) is 0. The highest BCUT2D eigenvalue weighted by atomic mass is 35.5. The third-order valence-electron chi connectivity index (χ3n) is 3.71. The SMILES string of the molecule is O=C(N/N=C/c1c(O)n(-c2ccc(Cl)cc2)c(=O)[nH]c1=O)c1ccccc1O. The lowest BCUT2D eigenvalue weighted by molar-refractivity contribution is 0.0952. The first-order valence-corrected chi connectivity index (χ1v) is 8.22. The van der Waals surface area contributed by atoms with Crippen molar-refractivity contribution in [1.82, 2.24) is 15.0 Å². The number of rotatable bonds is 4. The first-order chi connectivity index (χ1) is 13.4. The van der Waals surface area contributed by atoms with Gasteiger partial charge in [0.1, 0.15) is 11.3 Å². The van der Waals surface area contributed by atoms with E-state index >= 15 is 0 Å². The number of aromatic amines is 1. The summed E-state index contributed by atoms with van der Waals surface area (Å²) in [6.07, 6.45) is 0.887. The van der Waals surface area contributed by atoms with Crippen LogP contribution in [0.5, 0.6) is 11.6 Å². The quantitative estimate of drug-likeness (QED) is 0.387. The fourth-order valence-electron chi connectivity index (χ4n) is 2.37. The molecule has 0 aliphatic carbocycles. The van der Waals surface area contributed by atoms with Crippen molar-refractivity contribution >= 4 is 23.7 Å². The Labute approximate surface area is 162 Å². The fourth-order valence-corrected chi connectivity index (χ4v) is 2.49. The number of nitrogens with one attached hydrogen (secondary N) is 2. The number of para-hydroxylation sites is 1. The molecule has 1 amide bonds. The molecule has 0 atom stereocenters. The van der Waals surface area contributed by atoms with Crippen molar-refractivity contribution in [2.45, 2.75) is 0 Å². The van der Waals surface area contributed by atoms with Gasteiger partial charge in [-0.15, -0.1) is 0 Å². The number of aromatic hydroxyl groups is 2. The van der Waals surface area contributed by atoms with Crippen LogP contribution in [0, 0.1) is 0 Å². The Balaban J connectivity index is 1.93. The van der Waals surface area contributed by atoms with Crippen LogP contribution in [0.2, 0.25) is 5.02 Å². The molecule has 2 aromatic carbocycles. The molecule has 1 heterocycles. The molecular formula is C18H13ClN4O5. The number of hydrogen-bond acceptors (Lipinski definition) is 6. The number of H-pyrrole nitrogens is 1. The number of carbonyl (C=O) groups excluding carboxylic acids is 1. The van der Waals surface area contributed by atoms with Crippen molar-refractivity contribution in [3.05, 3.63) is 85.5 Å². The molecule has 0 bridgehead atoms. The van der Waals surface area contributed by atoms with Gasteiger partial charge in [-0.25, -0.2) is 14.8 Å². The Hall–Kier alpha value is -3.85. The van der Waals surface area contributed by atoms with Crippen molar-refractivity contribution < 1.29 is 15.0 Å². The maximum absolute atomic E-state index is 12.1. The lowest BCUT2D eigenvalue weighted by Crippen LogP contribution is -2.31. The molecule has 4 N–H and O–H groups in total. The molecule has 0 saturated carbocycles. The number of nitrogens with zero attached hydrogens (tertiary/aromatic N) is 2. The van der Waals surface area contributed by atoms with Gasteiger partial charge in [-0.1, -0.05) is 23.7 Å². The third kappa shape index (κ3) is 3.79. The monoisotopic (exact) mass is 400 g/mol. The average Bonchev–Trinajstić information content (AvgIpc) is 2.66. The molecule has 0 radical (unpaired) electrons. The summed E-state index contributed by atoms with van der Waals surface area (Å²) in [6, 6.07) is 11.8. The normalized spacial score (nSPS) is 10.9. The smallest absolute Gasteiger partial charge is 0.335 e. The zero-order valence-corrected chi connectivity index (χ0v) is 14.8. The van der Waals surface area contributed by atoms with Gasteiger partial charge < -0.3 is 10.2 Å². The molecule has 0 fully saturated rings. The number of carbonyl (C=O) groups is 1. The maximum Gasteiger partial charge on any atom is 0.335 e. The van der Waals surface area contributed by atoms with Crippen molar-refractivity contribution in [3.63, 3.8) is 0 Å². The second-order valence-corrected chi connectivity index (χ2v) is 5.96. The van der Waals surface area contributed by atoms with Gasteiger partial charge in [0, 0.05) is 5.02 Å². The van der Waals surface area contributed by atoms with Crippen LogP contribution in [-0.2, 0) is 0 Å². The molecule has 142 valence electrons. The number of hydrazone groups is 1. The predicted molar refractivity (Wildman–Crippen MR) is 103 cm³/mol. The zero-order valence-electron chi connectivity index (χ0n) is 14.1. The standard InChI is InChI=1S/C18H13ClN4O5/c19-10-5-7-11(8-6-10)23-17(27)13(15(25)21-18(23)28)9-20-22-16(26)12-3-1-2-4-14(12)24/h1-9,24,27H,(H,22,26)(H,21,25,28)/b20-9+. The zero-order chi connectivity index (χ0) is 20.3. The molecule has 10 heteroatoms. The number of phenolic OH excluding ortho intramolecular Hbond substituents is 1. The number of benzene rings is 2. The largest absolute Gasteiger partial charge is 0.507 e. The van der Waals surface area contributed by atoms with E-state index in [1.807, 2.05) is 0 Å². The van der Waals surface area contributed by atoms with Crippen LogP contribution in [-0.4, -0.2) is 31.9 Å². The van der Waals surface area contributed by atoms with Gasteiger partial charge in [-0.05, 0) is 36.4 Å². The first-order valence-electron chi connectivity index (χ1n) is 7.84. The van der Waals surface area contributed by atoms with Gasteiger partial charge in [0.05, 0.1) is 17.5 Å². The Morgan fingerprint density at radius 2 is 1.79 bits per heavy atom. The summed E-state index contributed by atoms with van der Waals surface area (Å²) in [5.41, 5.74) is 0.251. The van der Waals surface area contributed by atoms with Gasteiger partial charge in [-0.3, -0.25) is 14.6 Å². The van der Waals surface area contributed by atoms with E-state index in [4.69, 9.17) is 11.6 Å². The minimum atomic E-state index is -0.895. The van der Waals surface area contributed by atoms with E-state index in [0.29, 0.717) is 5.02 Å². The number of amides is 1. The second-order valence-electron chi connectivity index (χ2n) is 5.52. The fraction of sp³-hybridized carbons (Fsp3) is 0. The van der Waals surface area contributed by atoms with Crippen LogP contribution in [0.15, 0.2) is 63.2 Å². The highest BCUT2D eigenvalue weighted by molar-refractivity contribution is 6.30. The van der Waals surface area contributed by atoms with Gasteiger partial charge >= 0.3 is 5.69 Å². The van der Waals surface area contributed by atoms with Crippen LogP contribution in [0.3, 0.4) is 0 Å². The highest BCUT2D eigenvalue weighted by Crippen LogP contribution is 2.18. The van der Waals surface area contributed by atoms with Gasteiger partial charge in [-0.2, -0.15) is 5.10 Å². The predicted octanol–water partition coefficient (Wildman–Crippen LogP) is 1.35. The Morgan fingerprint density at radius 1 is 1.11 bits per heavy atom. The molecule has 0 aliphatic rings. The van der Waals surface area contributed by atoms with Crippen LogP contribution in [0.25, 0.3) is 5.69 Å². The Kier molecular flexibility index (Phi) is 5.28. The summed E-state index contributed by atoms with van der Waals surface area (Å²) in [5.74, 6) is -1.64. The summed E-state index contributed by atoms with van der Waals surface area (Å²) >= 11 is 5.81. The van der Waals surface area contributed by atoms with Gasteiger partial charge in [0.2, 0.25) is 5.88 Å². The van der Waals surface area contributed by atoms with Crippen LogP contribution >= 0.6 is 11.6 Å². The molecule has 0 spiro atoms. The summed E-state index contributed by atoms with van der Waals surface area (Å²) < 4.78 is 0.851. The number of aromatic nitrogens is 2. The average molecular weight is 401 g/mol. The third-order valence-corrected chi connectivity index (χ3v) is 3.97. The van der Waals surface area contributed by atoms with Crippen LogP contribution in [0.4, 0.5) is 0 Å². The van der Waals surface area contributed by atoms with E-state index in [-0.39, 0.29) is 22.6 Å². The molecule has 0 unspecified atom stereocenters. The van der Waals surface area contributed by atoms with E-state index < -0.39 is 23.0 Å². The number of phenols is 1. The molecule has 3 aromatic rings. The molecule has 3 rings (SSSR count). The molecule has 0 aliphatic heterocycles. The van der Waals surface area contributed by atoms with Crippen LogP contribution < -0.4 is 16.7 Å². The summed E-state index contributed by atoms with van der Waals surface area (Å²) in [5, 5.41) is 24.0. The maximum atomic E-state index is 12.1. The minimum Gasteiger partial charge on any atom is -0.507 e. The minimum absolute atomic E-state index is 0.0242. The number of halogens is 1. The summed E-state index contributed by atoms with van der Waals surface area (Å²) in [4.78, 5) is 38.1. The molecular weight excluding hydrogens is 388 g/mol. The lowest BCUT2D eigenvalue weighted by Gasteiger charge is -2.09. The first kappa shape index (κ1) is 18.9. The lowest BCUT2D eigenvalue weighted by atomic mass is 10.2. The van der Waals surface area contributed by atoms with E-state index in [1.165, 1.54) is 36.4 Å². The van der Waals surface area contributed by atoms with E-state index in [1.54, 1.807) is 12.1 Å². The molecule has 1 aromatic heterocycles. The highest BCUT2D eigenvalue weighted by Gasteiger charge is 2.15. The Morgan fingerprint density at radius 3 is 2.46 bits per heavy atom. The van der Waals surface area contributed by atoms with Crippen molar-refractivity contribution in [2.24, 2.45) is 5.10 Å². The number of hydrogen-bond donors (Lipinski definition) is 4. The van der Waals surface area contributed by atoms with Gasteiger partial charge in [0.15, 0.2) is 0 Å². The van der Waals surface area contributed by atoms with Crippen LogP contribution in [0.1, 0.15) is 15.9 Å². The molecule has 9 nitrogen and oxygen atoms in total. The molecule has 0 saturated heterocycles. The van der Waals surface area contributed by atoms with E-state index in [2.05, 4.69) is 15.5 Å².